The molecule has 1 N–H and O–H groups in total. The van der Waals surface area contributed by atoms with Crippen molar-refractivity contribution in [3.8, 4) is 0 Å². The molecule has 0 saturated carbocycles. The van der Waals surface area contributed by atoms with Gasteiger partial charge in [-0.3, -0.25) is 10.1 Å². The van der Waals surface area contributed by atoms with Gasteiger partial charge in [0.15, 0.2) is 0 Å². The summed E-state index contributed by atoms with van der Waals surface area (Å²) in [5, 5.41) is 18.5. The Kier molecular flexibility index (Phi) is 3.51. The van der Waals surface area contributed by atoms with E-state index in [-0.39, 0.29) is 22.8 Å². The first kappa shape index (κ1) is 12.8. The molecule has 0 radical (unpaired) electrons. The van der Waals surface area contributed by atoms with Gasteiger partial charge in [0.2, 0.25) is 5.82 Å². The van der Waals surface area contributed by atoms with Crippen LogP contribution in [-0.4, -0.2) is 33.5 Å². The van der Waals surface area contributed by atoms with Gasteiger partial charge in [0.1, 0.15) is 5.69 Å². The molecule has 100 valence electrons. The molecular formula is C11H18N4O3. The molecule has 0 spiro atoms. The Morgan fingerprint density at radius 1 is 1.67 bits per heavy atom. The molecule has 7 nitrogen and oxygen atoms in total. The highest BCUT2D eigenvalue weighted by Gasteiger charge is 2.31. The molecule has 2 atom stereocenters. The number of hydrogen-bond acceptors (Lipinski definition) is 5. The van der Waals surface area contributed by atoms with Crippen molar-refractivity contribution in [3.05, 3.63) is 15.8 Å². The smallest absolute Gasteiger partial charge is 0.333 e. The molecule has 1 aliphatic heterocycles. The lowest BCUT2D eigenvalue weighted by Gasteiger charge is -2.16. The molecule has 2 rings (SSSR count). The van der Waals surface area contributed by atoms with Crippen LogP contribution in [0.4, 0.5) is 11.5 Å². The molecule has 2 unspecified atom stereocenters. The maximum absolute atomic E-state index is 11.2. The first-order valence-corrected chi connectivity index (χ1v) is 6.13. The molecule has 1 fully saturated rings. The average molecular weight is 254 g/mol. The highest BCUT2D eigenvalue weighted by atomic mass is 16.6. The van der Waals surface area contributed by atoms with Crippen molar-refractivity contribution in [1.29, 1.82) is 0 Å². The SMILES string of the molecule is CCc1nn(C)c(NC2CCOC2C)c1[N+](=O)[O-]. The Morgan fingerprint density at radius 2 is 2.39 bits per heavy atom. The van der Waals surface area contributed by atoms with E-state index in [0.29, 0.717) is 24.5 Å². The molecular weight excluding hydrogens is 236 g/mol. The number of nitro groups is 1. The van der Waals surface area contributed by atoms with Crippen LogP contribution in [0.15, 0.2) is 0 Å². The lowest BCUT2D eigenvalue weighted by molar-refractivity contribution is -0.384. The number of nitrogens with zero attached hydrogens (tertiary/aromatic N) is 3. The van der Waals surface area contributed by atoms with Crippen LogP contribution in [-0.2, 0) is 18.2 Å². The van der Waals surface area contributed by atoms with E-state index >= 15 is 0 Å². The van der Waals surface area contributed by atoms with Crippen LogP contribution < -0.4 is 5.32 Å². The van der Waals surface area contributed by atoms with Crippen molar-refractivity contribution in [2.45, 2.75) is 38.8 Å². The first-order chi connectivity index (χ1) is 8.54. The van der Waals surface area contributed by atoms with Crippen LogP contribution in [0.3, 0.4) is 0 Å². The third-order valence-corrected chi connectivity index (χ3v) is 3.31. The van der Waals surface area contributed by atoms with Crippen molar-refractivity contribution in [2.75, 3.05) is 11.9 Å². The maximum Gasteiger partial charge on any atom is 0.333 e. The van der Waals surface area contributed by atoms with E-state index in [9.17, 15) is 10.1 Å². The summed E-state index contributed by atoms with van der Waals surface area (Å²) >= 11 is 0. The fourth-order valence-electron chi connectivity index (χ4n) is 2.26. The highest BCUT2D eigenvalue weighted by Crippen LogP contribution is 2.30. The van der Waals surface area contributed by atoms with Crippen LogP contribution in [0.5, 0.6) is 0 Å². The molecule has 7 heteroatoms. The molecule has 0 aromatic carbocycles. The summed E-state index contributed by atoms with van der Waals surface area (Å²) in [5.41, 5.74) is 0.593. The largest absolute Gasteiger partial charge is 0.376 e. The van der Waals surface area contributed by atoms with Gasteiger partial charge in [0, 0.05) is 13.7 Å². The van der Waals surface area contributed by atoms with E-state index in [0.717, 1.165) is 6.42 Å². The van der Waals surface area contributed by atoms with E-state index < -0.39 is 0 Å². The van der Waals surface area contributed by atoms with Crippen molar-refractivity contribution < 1.29 is 9.66 Å². The van der Waals surface area contributed by atoms with Crippen LogP contribution in [0, 0.1) is 10.1 Å². The Labute approximate surface area is 105 Å². The quantitative estimate of drug-likeness (QED) is 0.650. The van der Waals surface area contributed by atoms with Crippen LogP contribution >= 0.6 is 0 Å². The fourth-order valence-corrected chi connectivity index (χ4v) is 2.26. The van der Waals surface area contributed by atoms with Gasteiger partial charge in [-0.15, -0.1) is 0 Å². The van der Waals surface area contributed by atoms with E-state index in [1.165, 1.54) is 0 Å². The second-order valence-electron chi connectivity index (χ2n) is 4.49. The highest BCUT2D eigenvalue weighted by molar-refractivity contribution is 5.60. The van der Waals surface area contributed by atoms with Gasteiger partial charge in [-0.1, -0.05) is 6.92 Å². The van der Waals surface area contributed by atoms with Gasteiger partial charge in [-0.05, 0) is 19.8 Å². The Balaban J connectivity index is 2.31. The number of rotatable bonds is 4. The summed E-state index contributed by atoms with van der Waals surface area (Å²) in [5.74, 6) is 0.471. The first-order valence-electron chi connectivity index (χ1n) is 6.13. The second kappa shape index (κ2) is 4.93. The Hall–Kier alpha value is -1.63. The average Bonchev–Trinajstić information content (AvgIpc) is 2.85. The van der Waals surface area contributed by atoms with Crippen LogP contribution in [0.25, 0.3) is 0 Å². The molecule has 2 heterocycles. The summed E-state index contributed by atoms with van der Waals surface area (Å²) in [6, 6.07) is 0.101. The molecule has 18 heavy (non-hydrogen) atoms. The monoisotopic (exact) mass is 254 g/mol. The zero-order valence-corrected chi connectivity index (χ0v) is 10.8. The molecule has 1 aromatic rings. The lowest BCUT2D eigenvalue weighted by Crippen LogP contribution is -2.28. The number of aromatic nitrogens is 2. The minimum atomic E-state index is -0.366. The molecule has 0 bridgehead atoms. The topological polar surface area (TPSA) is 82.2 Å². The molecule has 1 aliphatic rings. The van der Waals surface area contributed by atoms with Gasteiger partial charge < -0.3 is 10.1 Å². The maximum atomic E-state index is 11.2. The van der Waals surface area contributed by atoms with E-state index in [1.807, 2.05) is 13.8 Å². The number of hydrogen-bond donors (Lipinski definition) is 1. The van der Waals surface area contributed by atoms with Crippen molar-refractivity contribution in [2.24, 2.45) is 7.05 Å². The predicted molar refractivity (Wildman–Crippen MR) is 66.7 cm³/mol. The number of aryl methyl sites for hydroxylation is 2. The van der Waals surface area contributed by atoms with Gasteiger partial charge in [0.25, 0.3) is 0 Å². The predicted octanol–water partition coefficient (Wildman–Crippen LogP) is 1.48. The lowest BCUT2D eigenvalue weighted by atomic mass is 10.1. The second-order valence-corrected chi connectivity index (χ2v) is 4.49. The normalized spacial score (nSPS) is 23.3. The Morgan fingerprint density at radius 3 is 2.89 bits per heavy atom. The van der Waals surface area contributed by atoms with Crippen molar-refractivity contribution >= 4 is 11.5 Å². The zero-order chi connectivity index (χ0) is 13.3. The molecule has 0 amide bonds. The van der Waals surface area contributed by atoms with Gasteiger partial charge in [-0.25, -0.2) is 4.68 Å². The van der Waals surface area contributed by atoms with E-state index in [4.69, 9.17) is 4.74 Å². The Bertz CT molecular complexity index is 457. The van der Waals surface area contributed by atoms with Crippen LogP contribution in [0.2, 0.25) is 0 Å². The summed E-state index contributed by atoms with van der Waals surface area (Å²) < 4.78 is 6.99. The minimum absolute atomic E-state index is 0.0598. The van der Waals surface area contributed by atoms with Gasteiger partial charge in [-0.2, -0.15) is 5.10 Å². The van der Waals surface area contributed by atoms with Crippen LogP contribution in [0.1, 0.15) is 26.0 Å². The standard InChI is InChI=1S/C11H18N4O3/c1-4-8-10(15(16)17)11(14(3)13-8)12-9-5-6-18-7(9)2/h7,9,12H,4-6H2,1-3H3. The molecule has 1 saturated heterocycles. The fraction of sp³-hybridized carbons (Fsp3) is 0.727. The van der Waals surface area contributed by atoms with Crippen molar-refractivity contribution in [3.63, 3.8) is 0 Å². The third-order valence-electron chi connectivity index (χ3n) is 3.31. The minimum Gasteiger partial charge on any atom is -0.376 e. The van der Waals surface area contributed by atoms with Crippen molar-refractivity contribution in [1.82, 2.24) is 9.78 Å². The van der Waals surface area contributed by atoms with E-state index in [1.54, 1.807) is 11.7 Å². The van der Waals surface area contributed by atoms with E-state index in [2.05, 4.69) is 10.4 Å². The number of ether oxygens (including phenoxy) is 1. The van der Waals surface area contributed by atoms with Gasteiger partial charge >= 0.3 is 5.69 Å². The zero-order valence-electron chi connectivity index (χ0n) is 10.8. The summed E-state index contributed by atoms with van der Waals surface area (Å²) in [6.07, 6.45) is 1.46. The number of nitrogens with one attached hydrogen (secondary N) is 1. The number of anilines is 1. The third kappa shape index (κ3) is 2.17. The molecule has 1 aromatic heterocycles. The van der Waals surface area contributed by atoms with Gasteiger partial charge in [0.05, 0.1) is 17.1 Å². The summed E-state index contributed by atoms with van der Waals surface area (Å²) in [7, 11) is 1.72. The molecule has 0 aliphatic carbocycles. The summed E-state index contributed by atoms with van der Waals surface area (Å²) in [4.78, 5) is 10.8. The summed E-state index contributed by atoms with van der Waals surface area (Å²) in [6.45, 7) is 4.51.